The molecule has 17 heavy (non-hydrogen) atoms. The molecule has 0 aliphatic carbocycles. The number of imidazole rings is 1. The van der Waals surface area contributed by atoms with Gasteiger partial charge in [-0.1, -0.05) is 6.07 Å². The van der Waals surface area contributed by atoms with E-state index in [9.17, 15) is 4.79 Å². The summed E-state index contributed by atoms with van der Waals surface area (Å²) in [7, 11) is 0. The van der Waals surface area contributed by atoms with Crippen molar-refractivity contribution in [3.63, 3.8) is 0 Å². The third kappa shape index (κ3) is 2.53. The number of pyridine rings is 1. The lowest BCUT2D eigenvalue weighted by atomic mass is 10.3. The molecular formula is C13H14N2O2. The summed E-state index contributed by atoms with van der Waals surface area (Å²) >= 11 is 0. The van der Waals surface area contributed by atoms with Crippen LogP contribution in [0.5, 0.6) is 0 Å². The molecule has 2 heterocycles. The predicted molar refractivity (Wildman–Crippen MR) is 65.6 cm³/mol. The van der Waals surface area contributed by atoms with E-state index in [0.717, 1.165) is 17.0 Å². The van der Waals surface area contributed by atoms with Gasteiger partial charge < -0.3 is 9.14 Å². The van der Waals surface area contributed by atoms with Gasteiger partial charge in [0.15, 0.2) is 0 Å². The first-order valence-corrected chi connectivity index (χ1v) is 5.50. The van der Waals surface area contributed by atoms with Crippen LogP contribution >= 0.6 is 0 Å². The van der Waals surface area contributed by atoms with E-state index in [-0.39, 0.29) is 5.97 Å². The van der Waals surface area contributed by atoms with E-state index in [0.29, 0.717) is 6.61 Å². The molecule has 4 nitrogen and oxygen atoms in total. The molecule has 0 atom stereocenters. The lowest BCUT2D eigenvalue weighted by Gasteiger charge is -1.99. The second-order valence-corrected chi connectivity index (χ2v) is 3.65. The number of rotatable bonds is 3. The Kier molecular flexibility index (Phi) is 3.23. The fourth-order valence-electron chi connectivity index (χ4n) is 1.63. The summed E-state index contributed by atoms with van der Waals surface area (Å²) < 4.78 is 6.77. The molecule has 2 aromatic heterocycles. The highest BCUT2D eigenvalue weighted by Crippen LogP contribution is 2.10. The zero-order valence-corrected chi connectivity index (χ0v) is 9.88. The second-order valence-electron chi connectivity index (χ2n) is 3.65. The third-order valence-corrected chi connectivity index (χ3v) is 2.32. The van der Waals surface area contributed by atoms with E-state index in [1.807, 2.05) is 35.7 Å². The van der Waals surface area contributed by atoms with Crippen molar-refractivity contribution in [1.29, 1.82) is 0 Å². The lowest BCUT2D eigenvalue weighted by Crippen LogP contribution is -1.99. The summed E-state index contributed by atoms with van der Waals surface area (Å²) in [5, 5.41) is 0. The molecule has 0 fully saturated rings. The highest BCUT2D eigenvalue weighted by atomic mass is 16.5. The maximum atomic E-state index is 11.2. The van der Waals surface area contributed by atoms with Gasteiger partial charge in [0.1, 0.15) is 5.65 Å². The Bertz CT molecular complexity index is 570. The van der Waals surface area contributed by atoms with Crippen LogP contribution in [0.2, 0.25) is 0 Å². The average Bonchev–Trinajstić information content (AvgIpc) is 2.67. The minimum Gasteiger partial charge on any atom is -0.463 e. The van der Waals surface area contributed by atoms with Crippen molar-refractivity contribution in [2.24, 2.45) is 0 Å². The SMILES string of the molecule is CCOC(=O)/C=C\c1cccc2nc(C)cn12. The highest BCUT2D eigenvalue weighted by Gasteiger charge is 2.01. The summed E-state index contributed by atoms with van der Waals surface area (Å²) in [6.07, 6.45) is 5.08. The number of hydrogen-bond acceptors (Lipinski definition) is 3. The van der Waals surface area contributed by atoms with Gasteiger partial charge in [0.2, 0.25) is 0 Å². The molecule has 0 unspecified atom stereocenters. The van der Waals surface area contributed by atoms with Gasteiger partial charge in [0, 0.05) is 18.0 Å². The number of carbonyl (C=O) groups excluding carboxylic acids is 1. The predicted octanol–water partition coefficient (Wildman–Crippen LogP) is 2.22. The summed E-state index contributed by atoms with van der Waals surface area (Å²) in [6.45, 7) is 4.11. The van der Waals surface area contributed by atoms with Crippen LogP contribution in [-0.2, 0) is 9.53 Å². The molecule has 0 amide bonds. The van der Waals surface area contributed by atoms with Gasteiger partial charge in [0.25, 0.3) is 0 Å². The van der Waals surface area contributed by atoms with Crippen LogP contribution in [0.1, 0.15) is 18.3 Å². The van der Waals surface area contributed by atoms with Crippen LogP contribution in [0.15, 0.2) is 30.5 Å². The molecule has 0 saturated carbocycles. The van der Waals surface area contributed by atoms with Gasteiger partial charge in [0.05, 0.1) is 12.3 Å². The molecule has 0 radical (unpaired) electrons. The van der Waals surface area contributed by atoms with E-state index in [1.54, 1.807) is 13.0 Å². The Morgan fingerprint density at radius 2 is 2.35 bits per heavy atom. The van der Waals surface area contributed by atoms with Crippen LogP contribution in [0, 0.1) is 6.92 Å². The standard InChI is InChI=1S/C13H14N2O2/c1-3-17-13(16)8-7-11-5-4-6-12-14-10(2)9-15(11)12/h4-9H,3H2,1-2H3/b8-7-. The van der Waals surface area contributed by atoms with Crippen molar-refractivity contribution in [3.05, 3.63) is 41.9 Å². The summed E-state index contributed by atoms with van der Waals surface area (Å²) in [5.41, 5.74) is 2.71. The largest absolute Gasteiger partial charge is 0.463 e. The first-order chi connectivity index (χ1) is 8.20. The Morgan fingerprint density at radius 1 is 1.53 bits per heavy atom. The Morgan fingerprint density at radius 3 is 3.12 bits per heavy atom. The molecule has 0 spiro atoms. The number of nitrogens with zero attached hydrogens (tertiary/aromatic N) is 2. The minimum absolute atomic E-state index is 0.332. The van der Waals surface area contributed by atoms with Crippen molar-refractivity contribution >= 4 is 17.7 Å². The Hall–Kier alpha value is -2.10. The molecule has 0 N–H and O–H groups in total. The smallest absolute Gasteiger partial charge is 0.330 e. The first-order valence-electron chi connectivity index (χ1n) is 5.50. The molecule has 88 valence electrons. The van der Waals surface area contributed by atoms with Gasteiger partial charge in [-0.05, 0) is 32.1 Å². The normalized spacial score (nSPS) is 11.2. The number of ether oxygens (including phenoxy) is 1. The lowest BCUT2D eigenvalue weighted by molar-refractivity contribution is -0.137. The van der Waals surface area contributed by atoms with Gasteiger partial charge in [-0.25, -0.2) is 9.78 Å². The topological polar surface area (TPSA) is 43.6 Å². The molecule has 0 saturated heterocycles. The Labute approximate surface area is 99.5 Å². The van der Waals surface area contributed by atoms with E-state index in [2.05, 4.69) is 4.98 Å². The zero-order chi connectivity index (χ0) is 12.3. The van der Waals surface area contributed by atoms with Gasteiger partial charge in [-0.3, -0.25) is 0 Å². The van der Waals surface area contributed by atoms with Crippen LogP contribution in [-0.4, -0.2) is 22.0 Å². The zero-order valence-electron chi connectivity index (χ0n) is 9.88. The molecule has 2 aromatic rings. The van der Waals surface area contributed by atoms with E-state index in [4.69, 9.17) is 4.74 Å². The molecule has 0 aliphatic heterocycles. The van der Waals surface area contributed by atoms with E-state index < -0.39 is 0 Å². The molecule has 0 bridgehead atoms. The van der Waals surface area contributed by atoms with Gasteiger partial charge in [-0.2, -0.15) is 0 Å². The van der Waals surface area contributed by atoms with Crippen LogP contribution < -0.4 is 0 Å². The van der Waals surface area contributed by atoms with E-state index >= 15 is 0 Å². The summed E-state index contributed by atoms with van der Waals surface area (Å²) in [4.78, 5) is 15.6. The monoisotopic (exact) mass is 230 g/mol. The second kappa shape index (κ2) is 4.82. The molecule has 0 aromatic carbocycles. The summed E-state index contributed by atoms with van der Waals surface area (Å²) in [6, 6.07) is 5.76. The number of hydrogen-bond donors (Lipinski definition) is 0. The molecule has 0 aliphatic rings. The van der Waals surface area contributed by atoms with Crippen molar-refractivity contribution in [3.8, 4) is 0 Å². The summed E-state index contributed by atoms with van der Waals surface area (Å²) in [5.74, 6) is -0.332. The van der Waals surface area contributed by atoms with E-state index in [1.165, 1.54) is 6.08 Å². The van der Waals surface area contributed by atoms with Crippen molar-refractivity contribution in [2.75, 3.05) is 6.61 Å². The number of aromatic nitrogens is 2. The number of fused-ring (bicyclic) bond motifs is 1. The molecular weight excluding hydrogens is 216 g/mol. The fraction of sp³-hybridized carbons (Fsp3) is 0.231. The minimum atomic E-state index is -0.332. The first kappa shape index (κ1) is 11.4. The number of aryl methyl sites for hydroxylation is 1. The van der Waals surface area contributed by atoms with Crippen LogP contribution in [0.25, 0.3) is 11.7 Å². The van der Waals surface area contributed by atoms with Crippen LogP contribution in [0.4, 0.5) is 0 Å². The third-order valence-electron chi connectivity index (χ3n) is 2.32. The number of esters is 1. The maximum Gasteiger partial charge on any atom is 0.330 e. The Balaban J connectivity index is 2.32. The van der Waals surface area contributed by atoms with Crippen molar-refractivity contribution < 1.29 is 9.53 Å². The average molecular weight is 230 g/mol. The maximum absolute atomic E-state index is 11.2. The van der Waals surface area contributed by atoms with Crippen molar-refractivity contribution in [2.45, 2.75) is 13.8 Å². The highest BCUT2D eigenvalue weighted by molar-refractivity contribution is 5.86. The van der Waals surface area contributed by atoms with Crippen LogP contribution in [0.3, 0.4) is 0 Å². The fourth-order valence-corrected chi connectivity index (χ4v) is 1.63. The van der Waals surface area contributed by atoms with Gasteiger partial charge in [-0.15, -0.1) is 0 Å². The van der Waals surface area contributed by atoms with Gasteiger partial charge >= 0.3 is 5.97 Å². The van der Waals surface area contributed by atoms with Crippen molar-refractivity contribution in [1.82, 2.24) is 9.38 Å². The molecule has 4 heteroatoms. The quantitative estimate of drug-likeness (QED) is 0.600. The molecule has 2 rings (SSSR count). The number of carbonyl (C=O) groups is 1.